The van der Waals surface area contributed by atoms with Crippen LogP contribution in [0.5, 0.6) is 0 Å². The molecule has 1 aliphatic heterocycles. The molecule has 76 valence electrons. The average molecular weight is 195 g/mol. The van der Waals surface area contributed by atoms with Crippen molar-refractivity contribution in [3.63, 3.8) is 0 Å². The van der Waals surface area contributed by atoms with Gasteiger partial charge in [0.15, 0.2) is 0 Å². The Morgan fingerprint density at radius 1 is 1.64 bits per heavy atom. The van der Waals surface area contributed by atoms with Gasteiger partial charge in [-0.25, -0.2) is 4.79 Å². The van der Waals surface area contributed by atoms with Crippen LogP contribution in [0.25, 0.3) is 0 Å². The Labute approximate surface area is 82.0 Å². The van der Waals surface area contributed by atoms with E-state index in [0.29, 0.717) is 13.1 Å². The van der Waals surface area contributed by atoms with Crippen LogP contribution < -0.4 is 0 Å². The summed E-state index contributed by atoms with van der Waals surface area (Å²) in [6, 6.07) is 0. The van der Waals surface area contributed by atoms with Crippen molar-refractivity contribution >= 4 is 6.09 Å². The number of fused-ring (bicyclic) bond motifs is 1. The van der Waals surface area contributed by atoms with E-state index in [2.05, 4.69) is 14.9 Å². The molecule has 0 unspecified atom stereocenters. The molecule has 0 radical (unpaired) electrons. The van der Waals surface area contributed by atoms with E-state index in [4.69, 9.17) is 0 Å². The van der Waals surface area contributed by atoms with Crippen LogP contribution in [-0.2, 0) is 17.7 Å². The molecule has 2 rings (SSSR count). The molecule has 0 atom stereocenters. The predicted octanol–water partition coefficient (Wildman–Crippen LogP) is 0.843. The number of aryl methyl sites for hydroxylation is 1. The smallest absolute Gasteiger partial charge is 0.409 e. The Balaban J connectivity index is 2.18. The number of H-pyrrole nitrogens is 1. The van der Waals surface area contributed by atoms with E-state index in [-0.39, 0.29) is 6.09 Å². The van der Waals surface area contributed by atoms with E-state index in [1.54, 1.807) is 4.90 Å². The van der Waals surface area contributed by atoms with E-state index < -0.39 is 0 Å². The summed E-state index contributed by atoms with van der Waals surface area (Å²) in [4.78, 5) is 12.9. The second-order valence-electron chi connectivity index (χ2n) is 3.42. The Morgan fingerprint density at radius 3 is 3.14 bits per heavy atom. The van der Waals surface area contributed by atoms with Gasteiger partial charge in [-0.2, -0.15) is 5.10 Å². The van der Waals surface area contributed by atoms with Gasteiger partial charge in [-0.1, -0.05) is 0 Å². The van der Waals surface area contributed by atoms with Gasteiger partial charge in [0.1, 0.15) is 0 Å². The fourth-order valence-corrected chi connectivity index (χ4v) is 1.76. The summed E-state index contributed by atoms with van der Waals surface area (Å²) >= 11 is 0. The summed E-state index contributed by atoms with van der Waals surface area (Å²) in [5.41, 5.74) is 3.30. The molecule has 1 aromatic heterocycles. The lowest BCUT2D eigenvalue weighted by Gasteiger charge is -2.24. The molecule has 0 spiro atoms. The molecule has 5 nitrogen and oxygen atoms in total. The van der Waals surface area contributed by atoms with Crippen LogP contribution in [0.2, 0.25) is 0 Å². The number of hydrogen-bond acceptors (Lipinski definition) is 3. The number of aromatic amines is 1. The minimum atomic E-state index is -0.281. The van der Waals surface area contributed by atoms with Crippen molar-refractivity contribution in [2.45, 2.75) is 19.9 Å². The van der Waals surface area contributed by atoms with Crippen molar-refractivity contribution in [1.82, 2.24) is 15.1 Å². The number of aromatic nitrogens is 2. The summed E-state index contributed by atoms with van der Waals surface area (Å²) in [6.07, 6.45) is 0.573. The van der Waals surface area contributed by atoms with Gasteiger partial charge in [0.2, 0.25) is 0 Å². The molecule has 0 bridgehead atoms. The summed E-state index contributed by atoms with van der Waals surface area (Å²) in [5, 5.41) is 7.08. The molecule has 0 aromatic carbocycles. The maximum absolute atomic E-state index is 11.2. The van der Waals surface area contributed by atoms with Crippen molar-refractivity contribution in [3.8, 4) is 0 Å². The predicted molar refractivity (Wildman–Crippen MR) is 49.8 cm³/mol. The molecular formula is C9H13N3O2. The largest absolute Gasteiger partial charge is 0.453 e. The summed E-state index contributed by atoms with van der Waals surface area (Å²) in [7, 11) is 1.40. The number of carbonyl (C=O) groups is 1. The molecule has 2 heterocycles. The molecular weight excluding hydrogens is 182 g/mol. The molecule has 0 saturated heterocycles. The molecule has 1 N–H and O–H groups in total. The van der Waals surface area contributed by atoms with Gasteiger partial charge in [0.05, 0.1) is 19.3 Å². The maximum atomic E-state index is 11.2. The first-order valence-electron chi connectivity index (χ1n) is 4.58. The number of ether oxygens (including phenoxy) is 1. The zero-order valence-electron chi connectivity index (χ0n) is 8.33. The summed E-state index contributed by atoms with van der Waals surface area (Å²) in [5.74, 6) is 0. The van der Waals surface area contributed by atoms with E-state index >= 15 is 0 Å². The first-order valence-corrected chi connectivity index (χ1v) is 4.58. The number of amides is 1. The van der Waals surface area contributed by atoms with Gasteiger partial charge >= 0.3 is 6.09 Å². The van der Waals surface area contributed by atoms with Crippen LogP contribution in [0.1, 0.15) is 17.0 Å². The van der Waals surface area contributed by atoms with Gasteiger partial charge in [-0.05, 0) is 18.9 Å². The summed E-state index contributed by atoms with van der Waals surface area (Å²) < 4.78 is 4.66. The summed E-state index contributed by atoms with van der Waals surface area (Å²) in [6.45, 7) is 3.26. The van der Waals surface area contributed by atoms with Gasteiger partial charge in [0.25, 0.3) is 0 Å². The number of rotatable bonds is 0. The standard InChI is InChI=1S/C9H13N3O2/c1-6-7-3-4-12(9(13)14-2)5-8(7)11-10-6/h3-5H2,1-2H3,(H,10,11). The molecule has 0 fully saturated rings. The highest BCUT2D eigenvalue weighted by molar-refractivity contribution is 5.67. The Kier molecular flexibility index (Phi) is 2.15. The number of methoxy groups -OCH3 is 1. The third-order valence-corrected chi connectivity index (χ3v) is 2.56. The zero-order chi connectivity index (χ0) is 10.1. The number of carbonyl (C=O) groups excluding carboxylic acids is 1. The van der Waals surface area contributed by atoms with Crippen LogP contribution >= 0.6 is 0 Å². The quantitative estimate of drug-likeness (QED) is 0.667. The zero-order valence-corrected chi connectivity index (χ0v) is 8.33. The Morgan fingerprint density at radius 2 is 2.43 bits per heavy atom. The molecule has 1 aliphatic rings. The molecule has 0 saturated carbocycles. The number of nitrogens with one attached hydrogen (secondary N) is 1. The fourth-order valence-electron chi connectivity index (χ4n) is 1.76. The second-order valence-corrected chi connectivity index (χ2v) is 3.42. The van der Waals surface area contributed by atoms with Gasteiger partial charge < -0.3 is 9.64 Å². The molecule has 14 heavy (non-hydrogen) atoms. The van der Waals surface area contributed by atoms with Crippen molar-refractivity contribution in [2.75, 3.05) is 13.7 Å². The fraction of sp³-hybridized carbons (Fsp3) is 0.556. The topological polar surface area (TPSA) is 58.2 Å². The van der Waals surface area contributed by atoms with E-state index in [1.807, 2.05) is 6.92 Å². The van der Waals surface area contributed by atoms with Crippen molar-refractivity contribution < 1.29 is 9.53 Å². The first kappa shape index (κ1) is 9.05. The average Bonchev–Trinajstić information content (AvgIpc) is 2.59. The van der Waals surface area contributed by atoms with Crippen LogP contribution in [0.4, 0.5) is 4.79 Å². The van der Waals surface area contributed by atoms with Gasteiger partial charge in [0, 0.05) is 12.2 Å². The maximum Gasteiger partial charge on any atom is 0.409 e. The molecule has 1 aromatic rings. The van der Waals surface area contributed by atoms with E-state index in [0.717, 1.165) is 17.8 Å². The SMILES string of the molecule is COC(=O)N1CCc2c(n[nH]c2C)C1. The minimum Gasteiger partial charge on any atom is -0.453 e. The van der Waals surface area contributed by atoms with Gasteiger partial charge in [-0.15, -0.1) is 0 Å². The monoisotopic (exact) mass is 195 g/mol. The van der Waals surface area contributed by atoms with Crippen LogP contribution in [-0.4, -0.2) is 34.8 Å². The third-order valence-electron chi connectivity index (χ3n) is 2.56. The highest BCUT2D eigenvalue weighted by Gasteiger charge is 2.24. The number of nitrogens with zero attached hydrogens (tertiary/aromatic N) is 2. The number of hydrogen-bond donors (Lipinski definition) is 1. The van der Waals surface area contributed by atoms with Gasteiger partial charge in [-0.3, -0.25) is 5.10 Å². The lowest BCUT2D eigenvalue weighted by Crippen LogP contribution is -2.35. The Hall–Kier alpha value is -1.52. The lowest BCUT2D eigenvalue weighted by molar-refractivity contribution is 0.118. The highest BCUT2D eigenvalue weighted by atomic mass is 16.5. The van der Waals surface area contributed by atoms with Crippen LogP contribution in [0, 0.1) is 6.92 Å². The Bertz CT molecular complexity index is 359. The molecule has 1 amide bonds. The molecule has 0 aliphatic carbocycles. The van der Waals surface area contributed by atoms with Crippen LogP contribution in [0.15, 0.2) is 0 Å². The minimum absolute atomic E-state index is 0.281. The van der Waals surface area contributed by atoms with Crippen molar-refractivity contribution in [3.05, 3.63) is 17.0 Å². The van der Waals surface area contributed by atoms with E-state index in [9.17, 15) is 4.79 Å². The van der Waals surface area contributed by atoms with Crippen molar-refractivity contribution in [1.29, 1.82) is 0 Å². The normalized spacial score (nSPS) is 15.1. The van der Waals surface area contributed by atoms with Crippen molar-refractivity contribution in [2.24, 2.45) is 0 Å². The highest BCUT2D eigenvalue weighted by Crippen LogP contribution is 2.19. The first-order chi connectivity index (χ1) is 6.72. The second kappa shape index (κ2) is 3.32. The van der Waals surface area contributed by atoms with E-state index in [1.165, 1.54) is 12.7 Å². The van der Waals surface area contributed by atoms with Crippen LogP contribution in [0.3, 0.4) is 0 Å². The third kappa shape index (κ3) is 1.34. The lowest BCUT2D eigenvalue weighted by atomic mass is 10.1. The molecule has 5 heteroatoms.